The van der Waals surface area contributed by atoms with Crippen LogP contribution in [-0.2, 0) is 4.79 Å². The number of nitrogens with zero attached hydrogens (tertiary/aromatic N) is 3. The van der Waals surface area contributed by atoms with E-state index in [1.165, 1.54) is 0 Å². The van der Waals surface area contributed by atoms with Gasteiger partial charge in [0.1, 0.15) is 5.75 Å². The third-order valence-corrected chi connectivity index (χ3v) is 5.64. The van der Waals surface area contributed by atoms with E-state index in [2.05, 4.69) is 15.5 Å². The van der Waals surface area contributed by atoms with Crippen LogP contribution in [0.2, 0.25) is 0 Å². The fourth-order valence-electron chi connectivity index (χ4n) is 3.86. The maximum absolute atomic E-state index is 12.8. The molecule has 174 valence electrons. The number of ether oxygens (including phenoxy) is 3. The minimum atomic E-state index is -0.0934. The van der Waals surface area contributed by atoms with Crippen molar-refractivity contribution in [3.63, 3.8) is 0 Å². The molecule has 0 spiro atoms. The molecule has 1 N–H and O–H groups in total. The first-order valence-corrected chi connectivity index (χ1v) is 11.0. The number of piperidine rings is 1. The van der Waals surface area contributed by atoms with E-state index in [0.29, 0.717) is 67.3 Å². The summed E-state index contributed by atoms with van der Waals surface area (Å²) in [5, 5.41) is 7.12. The quantitative estimate of drug-likeness (QED) is 0.547. The maximum Gasteiger partial charge on any atom is 0.324 e. The predicted octanol–water partition coefficient (Wildman–Crippen LogP) is 4.01. The molecule has 0 saturated carbocycles. The molecule has 4 rings (SSSR count). The minimum Gasteiger partial charge on any atom is -0.493 e. The number of nitrogens with one attached hydrogen (secondary N) is 1. The lowest BCUT2D eigenvalue weighted by Gasteiger charge is -2.29. The number of amides is 1. The average Bonchev–Trinajstić information content (AvgIpc) is 3.35. The van der Waals surface area contributed by atoms with Crippen molar-refractivity contribution >= 4 is 17.6 Å². The smallest absolute Gasteiger partial charge is 0.324 e. The van der Waals surface area contributed by atoms with Crippen LogP contribution < -0.4 is 24.4 Å². The van der Waals surface area contributed by atoms with Crippen molar-refractivity contribution in [1.29, 1.82) is 0 Å². The highest BCUT2D eigenvalue weighted by atomic mass is 16.5. The SMILES string of the molecule is CCOc1ccccc1NC(=O)C1CCN(c2nc(-c3ccc(OC)c(OC)c3)no2)CC1. The highest BCUT2D eigenvalue weighted by molar-refractivity contribution is 5.94. The van der Waals surface area contributed by atoms with Crippen molar-refractivity contribution in [1.82, 2.24) is 10.1 Å². The van der Waals surface area contributed by atoms with Crippen LogP contribution >= 0.6 is 0 Å². The molecule has 3 aromatic rings. The van der Waals surface area contributed by atoms with Gasteiger partial charge in [-0.3, -0.25) is 4.79 Å². The summed E-state index contributed by atoms with van der Waals surface area (Å²) in [6.07, 6.45) is 1.38. The number of carbonyl (C=O) groups is 1. The zero-order valence-electron chi connectivity index (χ0n) is 19.0. The Morgan fingerprint density at radius 3 is 2.58 bits per heavy atom. The molecule has 1 fully saturated rings. The number of benzene rings is 2. The van der Waals surface area contributed by atoms with Gasteiger partial charge in [-0.1, -0.05) is 17.3 Å². The van der Waals surface area contributed by atoms with E-state index in [-0.39, 0.29) is 11.8 Å². The van der Waals surface area contributed by atoms with Gasteiger partial charge in [-0.05, 0) is 50.1 Å². The van der Waals surface area contributed by atoms with E-state index in [1.54, 1.807) is 20.3 Å². The van der Waals surface area contributed by atoms with Crippen molar-refractivity contribution < 1.29 is 23.5 Å². The molecular weight excluding hydrogens is 424 g/mol. The average molecular weight is 453 g/mol. The molecule has 1 aliphatic heterocycles. The van der Waals surface area contributed by atoms with Crippen molar-refractivity contribution in [2.75, 3.05) is 44.1 Å². The Hall–Kier alpha value is -3.75. The molecule has 0 atom stereocenters. The van der Waals surface area contributed by atoms with Gasteiger partial charge in [0.2, 0.25) is 11.7 Å². The van der Waals surface area contributed by atoms with Gasteiger partial charge in [-0.2, -0.15) is 4.98 Å². The minimum absolute atomic E-state index is 0.00153. The van der Waals surface area contributed by atoms with Crippen LogP contribution in [0.1, 0.15) is 19.8 Å². The third kappa shape index (κ3) is 5.02. The van der Waals surface area contributed by atoms with Gasteiger partial charge >= 0.3 is 6.01 Å². The van der Waals surface area contributed by atoms with E-state index in [4.69, 9.17) is 18.7 Å². The highest BCUT2D eigenvalue weighted by Gasteiger charge is 2.28. The summed E-state index contributed by atoms with van der Waals surface area (Å²) in [6.45, 7) is 3.76. The largest absolute Gasteiger partial charge is 0.493 e. The van der Waals surface area contributed by atoms with E-state index in [1.807, 2.05) is 48.2 Å². The molecule has 1 aromatic heterocycles. The lowest BCUT2D eigenvalue weighted by atomic mass is 9.96. The number of carbonyl (C=O) groups excluding carboxylic acids is 1. The topological polar surface area (TPSA) is 99.0 Å². The van der Waals surface area contributed by atoms with Gasteiger partial charge in [-0.25, -0.2) is 0 Å². The Bertz CT molecular complexity index is 1090. The summed E-state index contributed by atoms with van der Waals surface area (Å²) in [7, 11) is 3.17. The second-order valence-electron chi connectivity index (χ2n) is 7.65. The van der Waals surface area contributed by atoms with Crippen molar-refractivity contribution in [3.05, 3.63) is 42.5 Å². The summed E-state index contributed by atoms with van der Waals surface area (Å²) in [5.74, 6) is 2.29. The fraction of sp³-hybridized carbons (Fsp3) is 0.375. The van der Waals surface area contributed by atoms with E-state index in [0.717, 1.165) is 5.56 Å². The number of hydrogen-bond donors (Lipinski definition) is 1. The molecule has 2 aromatic carbocycles. The molecule has 1 aliphatic rings. The van der Waals surface area contributed by atoms with E-state index >= 15 is 0 Å². The van der Waals surface area contributed by atoms with Gasteiger partial charge in [-0.15, -0.1) is 0 Å². The summed E-state index contributed by atoms with van der Waals surface area (Å²) < 4.78 is 21.7. The summed E-state index contributed by atoms with van der Waals surface area (Å²) >= 11 is 0. The first kappa shape index (κ1) is 22.4. The molecule has 1 saturated heterocycles. The number of methoxy groups -OCH3 is 2. The Labute approximate surface area is 192 Å². The van der Waals surface area contributed by atoms with Crippen LogP contribution in [0.3, 0.4) is 0 Å². The first-order chi connectivity index (χ1) is 16.1. The van der Waals surface area contributed by atoms with Gasteiger partial charge < -0.3 is 29.0 Å². The normalized spacial score (nSPS) is 14.1. The molecule has 1 amide bonds. The summed E-state index contributed by atoms with van der Waals surface area (Å²) in [6, 6.07) is 13.4. The molecule has 0 aliphatic carbocycles. The van der Waals surface area contributed by atoms with E-state index < -0.39 is 0 Å². The molecule has 0 bridgehead atoms. The molecule has 2 heterocycles. The zero-order valence-corrected chi connectivity index (χ0v) is 19.0. The van der Waals surface area contributed by atoms with Crippen LogP contribution in [0.5, 0.6) is 17.2 Å². The number of rotatable bonds is 8. The Morgan fingerprint density at radius 2 is 1.85 bits per heavy atom. The Balaban J connectivity index is 1.37. The van der Waals surface area contributed by atoms with Crippen LogP contribution in [0, 0.1) is 5.92 Å². The molecule has 0 radical (unpaired) electrons. The molecule has 9 heteroatoms. The van der Waals surface area contributed by atoms with Crippen LogP contribution in [0.15, 0.2) is 47.0 Å². The molecule has 33 heavy (non-hydrogen) atoms. The third-order valence-electron chi connectivity index (χ3n) is 5.64. The zero-order chi connectivity index (χ0) is 23.2. The van der Waals surface area contributed by atoms with Crippen LogP contribution in [-0.4, -0.2) is 50.0 Å². The van der Waals surface area contributed by atoms with Gasteiger partial charge in [0, 0.05) is 24.6 Å². The van der Waals surface area contributed by atoms with Crippen LogP contribution in [0.4, 0.5) is 11.7 Å². The standard InChI is InChI=1S/C24H28N4O5/c1-4-32-19-8-6-5-7-18(19)25-23(29)16-11-13-28(14-12-16)24-26-22(27-33-24)17-9-10-20(30-2)21(15-17)31-3/h5-10,15-16H,4,11-14H2,1-3H3,(H,25,29). The van der Waals surface area contributed by atoms with Gasteiger partial charge in [0.25, 0.3) is 0 Å². The number of anilines is 2. The maximum atomic E-state index is 12.8. The second kappa shape index (κ2) is 10.2. The van der Waals surface area contributed by atoms with Crippen LogP contribution in [0.25, 0.3) is 11.4 Å². The van der Waals surface area contributed by atoms with E-state index in [9.17, 15) is 4.79 Å². The monoisotopic (exact) mass is 452 g/mol. The highest BCUT2D eigenvalue weighted by Crippen LogP contribution is 2.32. The Morgan fingerprint density at radius 1 is 1.09 bits per heavy atom. The number of para-hydroxylation sites is 2. The Kier molecular flexibility index (Phi) is 6.97. The fourth-order valence-corrected chi connectivity index (χ4v) is 3.86. The van der Waals surface area contributed by atoms with Crippen molar-refractivity contribution in [2.24, 2.45) is 5.92 Å². The molecule has 0 unspecified atom stereocenters. The van der Waals surface area contributed by atoms with Crippen molar-refractivity contribution in [2.45, 2.75) is 19.8 Å². The predicted molar refractivity (Wildman–Crippen MR) is 124 cm³/mol. The summed E-state index contributed by atoms with van der Waals surface area (Å²) in [4.78, 5) is 19.4. The lowest BCUT2D eigenvalue weighted by Crippen LogP contribution is -2.38. The second-order valence-corrected chi connectivity index (χ2v) is 7.65. The first-order valence-electron chi connectivity index (χ1n) is 11.0. The number of hydrogen-bond acceptors (Lipinski definition) is 8. The molecular formula is C24H28N4O5. The summed E-state index contributed by atoms with van der Waals surface area (Å²) in [5.41, 5.74) is 1.47. The van der Waals surface area contributed by atoms with Gasteiger partial charge in [0.05, 0.1) is 26.5 Å². The van der Waals surface area contributed by atoms with Gasteiger partial charge in [0.15, 0.2) is 11.5 Å². The molecule has 9 nitrogen and oxygen atoms in total. The number of aromatic nitrogens is 2. The lowest BCUT2D eigenvalue weighted by molar-refractivity contribution is -0.120. The van der Waals surface area contributed by atoms with Crippen molar-refractivity contribution in [3.8, 4) is 28.6 Å².